The van der Waals surface area contributed by atoms with Crippen LogP contribution in [0.5, 0.6) is 0 Å². The minimum atomic E-state index is 0.00174. The van der Waals surface area contributed by atoms with E-state index in [2.05, 4.69) is 22.9 Å². The largest absolute Gasteiger partial charge is 0.398 e. The highest BCUT2D eigenvalue weighted by atomic mass is 79.9. The topological polar surface area (TPSA) is 48.0 Å². The van der Waals surface area contributed by atoms with E-state index < -0.39 is 0 Å². The molecule has 104 valence electrons. The van der Waals surface area contributed by atoms with Gasteiger partial charge in [0, 0.05) is 33.6 Å². The molecule has 1 atom stereocenters. The van der Waals surface area contributed by atoms with Crippen LogP contribution in [0.1, 0.15) is 25.1 Å². The predicted molar refractivity (Wildman–Crippen MR) is 86.3 cm³/mol. The standard InChI is InChI=1S/C15H14BrClN2O/c1-8-2-4-10-7-12(14(16)15(20)19(8)10)11-6-9(17)3-5-13(11)18/h3,5-8H,2,4,18H2,1H3/t8-/m1/s1. The van der Waals surface area contributed by atoms with Crippen LogP contribution in [-0.4, -0.2) is 4.57 Å². The minimum absolute atomic E-state index is 0.00174. The first-order valence-corrected chi connectivity index (χ1v) is 7.65. The van der Waals surface area contributed by atoms with Crippen molar-refractivity contribution in [2.24, 2.45) is 0 Å². The summed E-state index contributed by atoms with van der Waals surface area (Å²) in [4.78, 5) is 12.5. The Morgan fingerprint density at radius 1 is 1.35 bits per heavy atom. The summed E-state index contributed by atoms with van der Waals surface area (Å²) in [6.07, 6.45) is 1.91. The first kappa shape index (κ1) is 13.7. The molecule has 1 aromatic heterocycles. The lowest BCUT2D eigenvalue weighted by molar-refractivity contribution is 0.562. The maximum absolute atomic E-state index is 12.5. The number of fused-ring (bicyclic) bond motifs is 1. The van der Waals surface area contributed by atoms with E-state index >= 15 is 0 Å². The monoisotopic (exact) mass is 352 g/mol. The molecule has 1 aliphatic heterocycles. The van der Waals surface area contributed by atoms with Gasteiger partial charge in [0.2, 0.25) is 0 Å². The quantitative estimate of drug-likeness (QED) is 0.787. The number of benzene rings is 1. The van der Waals surface area contributed by atoms with Crippen molar-refractivity contribution in [3.8, 4) is 11.1 Å². The van der Waals surface area contributed by atoms with Crippen molar-refractivity contribution in [1.82, 2.24) is 4.57 Å². The Bertz CT molecular complexity index is 754. The second kappa shape index (κ2) is 4.93. The summed E-state index contributed by atoms with van der Waals surface area (Å²) >= 11 is 9.47. The molecular formula is C15H14BrClN2O. The van der Waals surface area contributed by atoms with Gasteiger partial charge in [0.15, 0.2) is 0 Å². The van der Waals surface area contributed by atoms with E-state index in [1.54, 1.807) is 18.2 Å². The van der Waals surface area contributed by atoms with Crippen LogP contribution >= 0.6 is 27.5 Å². The van der Waals surface area contributed by atoms with E-state index in [1.807, 2.05) is 10.6 Å². The van der Waals surface area contributed by atoms with Gasteiger partial charge < -0.3 is 10.3 Å². The van der Waals surface area contributed by atoms with Crippen molar-refractivity contribution in [1.29, 1.82) is 0 Å². The molecule has 1 aromatic carbocycles. The van der Waals surface area contributed by atoms with Crippen LogP contribution < -0.4 is 11.3 Å². The molecule has 0 bridgehead atoms. The number of rotatable bonds is 1. The summed E-state index contributed by atoms with van der Waals surface area (Å²) in [6, 6.07) is 7.59. The van der Waals surface area contributed by atoms with Crippen molar-refractivity contribution in [3.05, 3.63) is 49.8 Å². The van der Waals surface area contributed by atoms with E-state index in [0.29, 0.717) is 15.2 Å². The predicted octanol–water partition coefficient (Wildman–Crippen LogP) is 4.02. The number of aromatic nitrogens is 1. The van der Waals surface area contributed by atoms with Crippen LogP contribution in [0, 0.1) is 0 Å². The third-order valence-corrected chi connectivity index (χ3v) is 4.83. The molecule has 0 amide bonds. The molecule has 0 spiro atoms. The summed E-state index contributed by atoms with van der Waals surface area (Å²) in [6.45, 7) is 2.07. The number of anilines is 1. The Hall–Kier alpha value is -1.26. The highest BCUT2D eigenvalue weighted by Crippen LogP contribution is 2.35. The van der Waals surface area contributed by atoms with Gasteiger partial charge in [0.05, 0.1) is 4.47 Å². The van der Waals surface area contributed by atoms with E-state index in [-0.39, 0.29) is 11.6 Å². The van der Waals surface area contributed by atoms with Crippen LogP contribution in [-0.2, 0) is 6.42 Å². The smallest absolute Gasteiger partial charge is 0.265 e. The summed E-state index contributed by atoms with van der Waals surface area (Å²) in [5.74, 6) is 0. The number of pyridine rings is 1. The number of nitrogen functional groups attached to an aromatic ring is 1. The molecule has 0 unspecified atom stereocenters. The number of aryl methyl sites for hydroxylation is 1. The highest BCUT2D eigenvalue weighted by molar-refractivity contribution is 9.10. The SMILES string of the molecule is C[C@@H]1CCc2cc(-c3cc(Cl)ccc3N)c(Br)c(=O)n21. The molecular weight excluding hydrogens is 340 g/mol. The third-order valence-electron chi connectivity index (χ3n) is 3.83. The lowest BCUT2D eigenvalue weighted by Gasteiger charge is -2.14. The third kappa shape index (κ3) is 2.07. The first-order chi connectivity index (χ1) is 9.49. The van der Waals surface area contributed by atoms with Crippen LogP contribution in [0.4, 0.5) is 5.69 Å². The second-order valence-corrected chi connectivity index (χ2v) is 6.39. The van der Waals surface area contributed by atoms with Crippen LogP contribution in [0.2, 0.25) is 5.02 Å². The molecule has 1 aliphatic rings. The molecule has 20 heavy (non-hydrogen) atoms. The Morgan fingerprint density at radius 3 is 2.85 bits per heavy atom. The van der Waals surface area contributed by atoms with Gasteiger partial charge in [-0.15, -0.1) is 0 Å². The molecule has 2 N–H and O–H groups in total. The summed E-state index contributed by atoms with van der Waals surface area (Å²) in [5.41, 5.74) is 9.31. The lowest BCUT2D eigenvalue weighted by Crippen LogP contribution is -2.23. The number of hydrogen-bond acceptors (Lipinski definition) is 2. The van der Waals surface area contributed by atoms with Gasteiger partial charge in [0.1, 0.15) is 0 Å². The molecule has 0 fully saturated rings. The Kier molecular flexibility index (Phi) is 3.38. The van der Waals surface area contributed by atoms with Gasteiger partial charge in [-0.2, -0.15) is 0 Å². The van der Waals surface area contributed by atoms with E-state index in [1.165, 1.54) is 0 Å². The van der Waals surface area contributed by atoms with Crippen LogP contribution in [0.3, 0.4) is 0 Å². The molecule has 2 aromatic rings. The van der Waals surface area contributed by atoms with Crippen LogP contribution in [0.25, 0.3) is 11.1 Å². The van der Waals surface area contributed by atoms with Crippen LogP contribution in [0.15, 0.2) is 33.5 Å². The Morgan fingerprint density at radius 2 is 2.10 bits per heavy atom. The second-order valence-electron chi connectivity index (χ2n) is 5.16. The summed E-state index contributed by atoms with van der Waals surface area (Å²) in [7, 11) is 0. The molecule has 2 heterocycles. The normalized spacial score (nSPS) is 17.2. The minimum Gasteiger partial charge on any atom is -0.398 e. The molecule has 0 aliphatic carbocycles. The van der Waals surface area contributed by atoms with E-state index in [4.69, 9.17) is 17.3 Å². The fourth-order valence-corrected chi connectivity index (χ4v) is 3.46. The first-order valence-electron chi connectivity index (χ1n) is 6.48. The summed E-state index contributed by atoms with van der Waals surface area (Å²) in [5, 5.41) is 0.607. The van der Waals surface area contributed by atoms with Gasteiger partial charge in [-0.1, -0.05) is 11.6 Å². The molecule has 5 heteroatoms. The van der Waals surface area contributed by atoms with Crippen molar-refractivity contribution >= 4 is 33.2 Å². The van der Waals surface area contributed by atoms with Gasteiger partial charge in [0.25, 0.3) is 5.56 Å². The van der Waals surface area contributed by atoms with E-state index in [9.17, 15) is 4.79 Å². The zero-order valence-electron chi connectivity index (χ0n) is 11.0. The number of nitrogens with zero attached hydrogens (tertiary/aromatic N) is 1. The van der Waals surface area contributed by atoms with Gasteiger partial charge >= 0.3 is 0 Å². The maximum Gasteiger partial charge on any atom is 0.265 e. The highest BCUT2D eigenvalue weighted by Gasteiger charge is 2.23. The van der Waals surface area contributed by atoms with Crippen molar-refractivity contribution in [3.63, 3.8) is 0 Å². The average Bonchev–Trinajstić information content (AvgIpc) is 2.78. The average molecular weight is 354 g/mol. The molecule has 3 nitrogen and oxygen atoms in total. The lowest BCUT2D eigenvalue weighted by atomic mass is 10.0. The molecule has 3 rings (SSSR count). The summed E-state index contributed by atoms with van der Waals surface area (Å²) < 4.78 is 2.40. The van der Waals surface area contributed by atoms with Crippen molar-refractivity contribution < 1.29 is 0 Å². The zero-order chi connectivity index (χ0) is 14.4. The zero-order valence-corrected chi connectivity index (χ0v) is 13.3. The molecule has 0 saturated carbocycles. The maximum atomic E-state index is 12.5. The fraction of sp³-hybridized carbons (Fsp3) is 0.267. The van der Waals surface area contributed by atoms with Gasteiger partial charge in [-0.3, -0.25) is 4.79 Å². The molecule has 0 radical (unpaired) electrons. The van der Waals surface area contributed by atoms with Gasteiger partial charge in [-0.05, 0) is 60.0 Å². The fourth-order valence-electron chi connectivity index (χ4n) is 2.77. The van der Waals surface area contributed by atoms with Crippen molar-refractivity contribution in [2.45, 2.75) is 25.8 Å². The Balaban J connectivity index is 2.29. The van der Waals surface area contributed by atoms with Gasteiger partial charge in [-0.25, -0.2) is 0 Å². The number of hydrogen-bond donors (Lipinski definition) is 1. The Labute approximate surface area is 130 Å². The van der Waals surface area contributed by atoms with E-state index in [0.717, 1.165) is 29.7 Å². The molecule has 0 saturated heterocycles. The number of halogens is 2. The number of nitrogens with two attached hydrogens (primary N) is 1. The van der Waals surface area contributed by atoms with Crippen molar-refractivity contribution in [2.75, 3.05) is 5.73 Å².